The summed E-state index contributed by atoms with van der Waals surface area (Å²) in [5.41, 5.74) is 1.82. The van der Waals surface area contributed by atoms with Crippen LogP contribution in [-0.2, 0) is 16.0 Å². The summed E-state index contributed by atoms with van der Waals surface area (Å²) in [5, 5.41) is 18.7. The molecule has 0 radical (unpaired) electrons. The molecule has 5 aromatic rings. The lowest BCUT2D eigenvalue weighted by molar-refractivity contribution is -0.139. The lowest BCUT2D eigenvalue weighted by Crippen LogP contribution is -2.42. The average Bonchev–Trinajstić information content (AvgIpc) is 3.51. The van der Waals surface area contributed by atoms with Crippen LogP contribution in [-0.4, -0.2) is 44.9 Å². The van der Waals surface area contributed by atoms with Gasteiger partial charge in [-0.05, 0) is 98.1 Å². The van der Waals surface area contributed by atoms with Crippen LogP contribution in [0.4, 0.5) is 19.3 Å². The van der Waals surface area contributed by atoms with E-state index in [1.807, 2.05) is 0 Å². The molecule has 1 atom stereocenters. The molecule has 0 aliphatic carbocycles. The van der Waals surface area contributed by atoms with E-state index in [1.54, 1.807) is 63.2 Å². The number of anilines is 1. The third kappa shape index (κ3) is 8.39. The summed E-state index contributed by atoms with van der Waals surface area (Å²) in [6.45, 7) is 5.26. The largest absolute Gasteiger partial charge is 0.480 e. The summed E-state index contributed by atoms with van der Waals surface area (Å²) in [5.74, 6) is -3.27. The predicted octanol–water partition coefficient (Wildman–Crippen LogP) is 7.77. The van der Waals surface area contributed by atoms with Crippen LogP contribution in [0.2, 0.25) is 5.02 Å². The van der Waals surface area contributed by atoms with E-state index in [2.05, 4.69) is 20.8 Å². The van der Waals surface area contributed by atoms with E-state index in [4.69, 9.17) is 20.9 Å². The maximum Gasteiger partial charge on any atom is 0.412 e. The summed E-state index contributed by atoms with van der Waals surface area (Å²) in [7, 11) is 0. The third-order valence-corrected chi connectivity index (χ3v) is 7.21. The van der Waals surface area contributed by atoms with Gasteiger partial charge in [0.2, 0.25) is 5.82 Å². The first-order chi connectivity index (χ1) is 22.8. The summed E-state index contributed by atoms with van der Waals surface area (Å²) in [4.78, 5) is 41.3. The van der Waals surface area contributed by atoms with Gasteiger partial charge in [-0.1, -0.05) is 41.0 Å². The fourth-order valence-corrected chi connectivity index (χ4v) is 4.75. The van der Waals surface area contributed by atoms with Gasteiger partial charge in [0, 0.05) is 23.2 Å². The highest BCUT2D eigenvalue weighted by atomic mass is 35.5. The van der Waals surface area contributed by atoms with Crippen molar-refractivity contribution >= 4 is 35.3 Å². The van der Waals surface area contributed by atoms with Crippen LogP contribution >= 0.6 is 11.6 Å². The molecule has 48 heavy (non-hydrogen) atoms. The minimum absolute atomic E-state index is 0.0170. The number of hydrogen-bond donors (Lipinski definition) is 3. The van der Waals surface area contributed by atoms with Crippen molar-refractivity contribution in [1.29, 1.82) is 0 Å². The normalized spacial score (nSPS) is 11.9. The number of hydrogen-bond acceptors (Lipinski definition) is 7. The second kappa shape index (κ2) is 14.0. The molecule has 246 valence electrons. The fraction of sp³-hybridized carbons (Fsp3) is 0.171. The molecule has 0 spiro atoms. The second-order valence-electron chi connectivity index (χ2n) is 11.7. The number of carbonyl (C=O) groups is 3. The summed E-state index contributed by atoms with van der Waals surface area (Å²) in [6.07, 6.45) is -0.827. The van der Waals surface area contributed by atoms with Gasteiger partial charge in [0.05, 0.1) is 10.6 Å². The van der Waals surface area contributed by atoms with Gasteiger partial charge in [-0.3, -0.25) is 10.1 Å². The Morgan fingerprint density at radius 2 is 1.62 bits per heavy atom. The smallest absolute Gasteiger partial charge is 0.412 e. The number of rotatable bonds is 9. The Morgan fingerprint density at radius 1 is 0.917 bits per heavy atom. The number of carboxylic acid groups (broad SMARTS) is 1. The number of ether oxygens (including phenoxy) is 1. The Balaban J connectivity index is 1.25. The van der Waals surface area contributed by atoms with Crippen molar-refractivity contribution in [1.82, 2.24) is 15.5 Å². The molecular formula is C35H29ClF2N4O6. The molecule has 2 amide bonds. The summed E-state index contributed by atoms with van der Waals surface area (Å²) < 4.78 is 39.7. The van der Waals surface area contributed by atoms with Crippen LogP contribution < -0.4 is 10.6 Å². The molecule has 0 saturated carbocycles. The summed E-state index contributed by atoms with van der Waals surface area (Å²) in [6, 6.07) is 19.6. The van der Waals surface area contributed by atoms with Crippen LogP contribution in [0.25, 0.3) is 34.0 Å². The van der Waals surface area contributed by atoms with Gasteiger partial charge in [-0.15, -0.1) is 0 Å². The van der Waals surface area contributed by atoms with E-state index in [0.29, 0.717) is 27.9 Å². The SMILES string of the molecule is CC(C)(C)OC(=O)Nc1ccc(-c2nc(-c3ccc(CC(NC(=O)c4cccc(-c5ccc(Cl)c(F)c5)c4)C(=O)O)cc3F)no2)cc1. The van der Waals surface area contributed by atoms with E-state index in [0.717, 1.165) is 6.07 Å². The maximum atomic E-state index is 15.2. The minimum Gasteiger partial charge on any atom is -0.480 e. The molecule has 4 aromatic carbocycles. The Kier molecular flexibility index (Phi) is 9.85. The van der Waals surface area contributed by atoms with Gasteiger partial charge in [-0.2, -0.15) is 4.98 Å². The number of halogens is 3. The second-order valence-corrected chi connectivity index (χ2v) is 12.1. The highest BCUT2D eigenvalue weighted by Crippen LogP contribution is 2.27. The topological polar surface area (TPSA) is 144 Å². The Labute approximate surface area is 278 Å². The standard InChI is InChI=1S/C35H29ClF2N4O6/c1-35(2,3)47-34(46)39-24-11-8-20(9-12-24)32-41-30(42-48-32)25-13-7-19(15-27(25)37)16-29(33(44)45)40-31(43)23-6-4-5-21(17-23)22-10-14-26(36)28(38)18-22/h4-15,17-18,29H,16H2,1-3H3,(H,39,46)(H,40,43)(H,44,45). The molecule has 0 saturated heterocycles. The first-order valence-corrected chi connectivity index (χ1v) is 15.0. The van der Waals surface area contributed by atoms with Crippen molar-refractivity contribution in [2.75, 3.05) is 5.32 Å². The number of aromatic nitrogens is 2. The number of amides is 2. The average molecular weight is 675 g/mol. The van der Waals surface area contributed by atoms with E-state index in [-0.39, 0.29) is 34.3 Å². The fourth-order valence-electron chi connectivity index (χ4n) is 4.63. The molecule has 13 heteroatoms. The first-order valence-electron chi connectivity index (χ1n) is 14.6. The van der Waals surface area contributed by atoms with Gasteiger partial charge >= 0.3 is 12.1 Å². The van der Waals surface area contributed by atoms with E-state index in [9.17, 15) is 23.9 Å². The van der Waals surface area contributed by atoms with Crippen molar-refractivity contribution in [3.05, 3.63) is 113 Å². The van der Waals surface area contributed by atoms with Crippen molar-refractivity contribution in [2.24, 2.45) is 0 Å². The van der Waals surface area contributed by atoms with E-state index >= 15 is 4.39 Å². The van der Waals surface area contributed by atoms with Crippen molar-refractivity contribution < 1.29 is 37.5 Å². The first kappa shape index (κ1) is 33.7. The number of nitrogens with zero attached hydrogens (tertiary/aromatic N) is 2. The molecular weight excluding hydrogens is 646 g/mol. The van der Waals surface area contributed by atoms with E-state index in [1.165, 1.54) is 36.4 Å². The molecule has 0 bridgehead atoms. The molecule has 0 aliphatic rings. The maximum absolute atomic E-state index is 15.2. The molecule has 3 N–H and O–H groups in total. The van der Waals surface area contributed by atoms with Gasteiger partial charge in [0.25, 0.3) is 11.8 Å². The quantitative estimate of drug-likeness (QED) is 0.144. The number of benzene rings is 4. The van der Waals surface area contributed by atoms with Crippen LogP contribution in [0.5, 0.6) is 0 Å². The van der Waals surface area contributed by atoms with Crippen molar-refractivity contribution in [3.8, 4) is 34.0 Å². The number of nitrogens with one attached hydrogen (secondary N) is 2. The molecule has 0 fully saturated rings. The molecule has 10 nitrogen and oxygen atoms in total. The molecule has 1 heterocycles. The number of aliphatic carboxylic acids is 1. The highest BCUT2D eigenvalue weighted by molar-refractivity contribution is 6.30. The van der Waals surface area contributed by atoms with Crippen LogP contribution in [0.15, 0.2) is 89.5 Å². The third-order valence-electron chi connectivity index (χ3n) is 6.90. The lowest BCUT2D eigenvalue weighted by Gasteiger charge is -2.19. The molecule has 1 unspecified atom stereocenters. The predicted molar refractivity (Wildman–Crippen MR) is 174 cm³/mol. The molecule has 0 aliphatic heterocycles. The number of carboxylic acids is 1. The molecule has 1 aromatic heterocycles. The lowest BCUT2D eigenvalue weighted by atomic mass is 10.0. The van der Waals surface area contributed by atoms with Gasteiger partial charge in [-0.25, -0.2) is 18.4 Å². The monoisotopic (exact) mass is 674 g/mol. The Morgan fingerprint density at radius 3 is 2.29 bits per heavy atom. The van der Waals surface area contributed by atoms with Crippen molar-refractivity contribution in [2.45, 2.75) is 38.8 Å². The highest BCUT2D eigenvalue weighted by Gasteiger charge is 2.23. The van der Waals surface area contributed by atoms with Gasteiger partial charge in [0.15, 0.2) is 0 Å². The zero-order chi connectivity index (χ0) is 34.6. The van der Waals surface area contributed by atoms with Gasteiger partial charge in [0.1, 0.15) is 23.3 Å². The summed E-state index contributed by atoms with van der Waals surface area (Å²) >= 11 is 5.76. The zero-order valence-corrected chi connectivity index (χ0v) is 26.6. The van der Waals surface area contributed by atoms with Crippen LogP contribution in [0.3, 0.4) is 0 Å². The number of carbonyl (C=O) groups excluding carboxylic acids is 2. The molecule has 5 rings (SSSR count). The Hall–Kier alpha value is -5.62. The van der Waals surface area contributed by atoms with E-state index < -0.39 is 41.2 Å². The van der Waals surface area contributed by atoms with Gasteiger partial charge < -0.3 is 19.7 Å². The zero-order valence-electron chi connectivity index (χ0n) is 25.9. The van der Waals surface area contributed by atoms with Crippen molar-refractivity contribution in [3.63, 3.8) is 0 Å². The van der Waals surface area contributed by atoms with Crippen LogP contribution in [0, 0.1) is 11.6 Å². The Bertz CT molecular complexity index is 1990. The minimum atomic E-state index is -1.39. The van der Waals surface area contributed by atoms with Crippen LogP contribution in [0.1, 0.15) is 36.7 Å².